The van der Waals surface area contributed by atoms with Crippen molar-refractivity contribution in [2.45, 2.75) is 193 Å². The van der Waals surface area contributed by atoms with E-state index in [1.54, 1.807) is 26.0 Å². The van der Waals surface area contributed by atoms with E-state index in [-0.39, 0.29) is 48.5 Å². The molecule has 0 spiro atoms. The Bertz CT molecular complexity index is 5230. The highest BCUT2D eigenvalue weighted by Gasteiger charge is 2.53. The molecular formula is C83H93Cl3N10O28S. The van der Waals surface area contributed by atoms with Gasteiger partial charge in [-0.2, -0.15) is 0 Å². The fourth-order valence-corrected chi connectivity index (χ4v) is 17.0. The van der Waals surface area contributed by atoms with Crippen LogP contribution in [0.15, 0.2) is 115 Å². The van der Waals surface area contributed by atoms with Gasteiger partial charge in [0.15, 0.2) is 30.1 Å². The molecule has 670 valence electrons. The number of aliphatic carboxylic acids is 1. The molecule has 42 heteroatoms. The van der Waals surface area contributed by atoms with Gasteiger partial charge in [-0.05, 0) is 145 Å². The van der Waals surface area contributed by atoms with E-state index >= 15 is 24.0 Å². The summed E-state index contributed by atoms with van der Waals surface area (Å²) >= 11 is 22.0. The Morgan fingerprint density at radius 1 is 0.656 bits per heavy atom. The highest BCUT2D eigenvalue weighted by atomic mass is 35.5. The lowest BCUT2D eigenvalue weighted by molar-refractivity contribution is -0.350. The first kappa shape index (κ1) is 92.5. The maximum atomic E-state index is 16.4. The van der Waals surface area contributed by atoms with Crippen LogP contribution in [0, 0.1) is 5.92 Å². The monoisotopic (exact) mass is 1810 g/mol. The van der Waals surface area contributed by atoms with Crippen LogP contribution in [-0.4, -0.2) is 238 Å². The topological polar surface area (TPSA) is 601 Å². The molecule has 24 N–H and O–H groups in total. The zero-order valence-electron chi connectivity index (χ0n) is 67.1. The number of ether oxygens (including phenoxy) is 8. The number of primary amides is 1. The van der Waals surface area contributed by atoms with Crippen molar-refractivity contribution in [2.24, 2.45) is 17.4 Å². The Morgan fingerprint density at radius 3 is 1.93 bits per heavy atom. The van der Waals surface area contributed by atoms with Crippen LogP contribution < -0.4 is 68.2 Å². The third kappa shape index (κ3) is 20.3. The first-order valence-electron chi connectivity index (χ1n) is 39.4. The number of carbonyl (C=O) groups is 8. The fourth-order valence-electron chi connectivity index (χ4n) is 15.6. The summed E-state index contributed by atoms with van der Waals surface area (Å²) in [6.07, 6.45) is -29.1. The van der Waals surface area contributed by atoms with Gasteiger partial charge >= 0.3 is 5.97 Å². The molecule has 1 aromatic heterocycles. The van der Waals surface area contributed by atoms with Crippen LogP contribution in [0.5, 0.6) is 46.0 Å². The molecule has 23 atom stereocenters. The Labute approximate surface area is 731 Å². The third-order valence-corrected chi connectivity index (χ3v) is 23.9. The molecule has 15 rings (SSSR count). The largest absolute Gasteiger partial charge is 0.508 e. The van der Waals surface area contributed by atoms with Gasteiger partial charge in [0, 0.05) is 57.7 Å². The number of carboxylic acids is 1. The zero-order valence-corrected chi connectivity index (χ0v) is 70.2. The molecule has 6 aromatic carbocycles. The van der Waals surface area contributed by atoms with Gasteiger partial charge in [-0.3, -0.25) is 33.6 Å². The SMILES string of the molecule is CN[C@H](CC(C)C)C(=O)NC1C(=O)N[C@@H](CC(N)=O)C(=O)N[C@H]2C(=O)N[C@H]3C(=O)N[C@H](C(=O)N[C@@H](C(=O)O)c4cc(O)cc(O)c4-c4cc3ccc4O)[C@H](O[C@H]3C[C@](C)(N)[C@@H](O)[C@H](C)O3)c3ccc(c(Cl)c3)Oc3cc2cc(c3O[C@@H]2O[C@H](CO)[C@@H](O[C@@H]3O[C@H](CNCc4cc(-c5ccc(Cl)cc5)cs4)[C@H](O)[C@H](O)[C@H]3O)[C@H](O)[C@H]2O)Oc2ccc(cc2Cl)[C@H]1O. The van der Waals surface area contributed by atoms with Crippen molar-refractivity contribution in [3.05, 3.63) is 162 Å². The van der Waals surface area contributed by atoms with E-state index < -0.39 is 279 Å². The summed E-state index contributed by atoms with van der Waals surface area (Å²) in [6.45, 7) is 5.50. The third-order valence-electron chi connectivity index (χ3n) is 22.2. The molecule has 7 aromatic rings. The number of nitrogens with two attached hydrogens (primary N) is 2. The molecule has 125 heavy (non-hydrogen) atoms. The Hall–Kier alpha value is -10.2. The lowest BCUT2D eigenvalue weighted by atomic mass is 9.86. The number of phenolic OH excluding ortho intramolecular Hbond substituents is 3. The number of aromatic hydroxyl groups is 3. The summed E-state index contributed by atoms with van der Waals surface area (Å²) in [4.78, 5) is 121. The highest BCUT2D eigenvalue weighted by molar-refractivity contribution is 7.10. The van der Waals surface area contributed by atoms with Gasteiger partial charge in [-0.15, -0.1) is 11.3 Å². The summed E-state index contributed by atoms with van der Waals surface area (Å²) in [5.74, 6) is -16.7. The van der Waals surface area contributed by atoms with E-state index in [0.717, 1.165) is 82.7 Å². The van der Waals surface area contributed by atoms with Crippen molar-refractivity contribution in [2.75, 3.05) is 20.2 Å². The predicted octanol–water partition coefficient (Wildman–Crippen LogP) is 2.11. The van der Waals surface area contributed by atoms with Crippen molar-refractivity contribution < 1.29 is 138 Å². The summed E-state index contributed by atoms with van der Waals surface area (Å²) in [6, 6.07) is 8.14. The van der Waals surface area contributed by atoms with E-state index in [9.17, 15) is 75.7 Å². The second-order valence-corrected chi connectivity index (χ2v) is 34.0. The maximum Gasteiger partial charge on any atom is 0.330 e. The quantitative estimate of drug-likeness (QED) is 0.0519. The lowest BCUT2D eigenvalue weighted by Gasteiger charge is -2.46. The minimum atomic E-state index is -2.42. The van der Waals surface area contributed by atoms with E-state index in [1.807, 2.05) is 23.6 Å². The minimum Gasteiger partial charge on any atom is -0.508 e. The molecule has 3 saturated heterocycles. The maximum absolute atomic E-state index is 16.4. The number of thiophene rings is 1. The van der Waals surface area contributed by atoms with Crippen LogP contribution in [0.25, 0.3) is 22.3 Å². The Morgan fingerprint density at radius 2 is 1.29 bits per heavy atom. The summed E-state index contributed by atoms with van der Waals surface area (Å²) in [5.41, 5.74) is 9.80. The standard InChI is InChI=1S/C83H93Cl3N10O28S/c1-31(2)16-46(89-5)74(109)95-62-64(102)35-9-14-50(44(85)19-35)118-52-21-37-22-53(71(52)123-82-69(107)67(105)72(55(29-97)121-82)124-81-68(106)66(104)65(103)54(120-81)28-90-27-41-17-38(30-125-41)33-6-11-39(84)12-7-33)119-51-15-10-36(20-45(51)86)70(122-57-26-83(4,88)73(108)32(3)117-57)63-79(114)94-61(80(115)116)43-23-40(98)24-49(100)58(43)42-18-34(8-13-48(42)99)59(76(111)96-63)93-77(112)60(37)92-75(110)47(25-56(87)101)91-78(62)113/h6-15,17-24,30-32,46-47,54-55,57,59-70,72-73,81-82,89-90,97-100,102-108H,16,25-29,88H2,1-5H3,(H2,87,101)(H,91,113)(H,92,110)(H,93,112)(H,94,114)(H,95,109)(H,96,111)(H,115,116)/t32-,46+,47-,54+,55+,57-,59+,60+,61+,62?,63-,64+,65-,66-,67+,68+,69+,70+,72+,73-,81-,82-,83-/m0/s1. The van der Waals surface area contributed by atoms with E-state index in [2.05, 4.69) is 42.5 Å². The molecular weight excluding hydrogens is 1720 g/mol. The number of carbonyl (C=O) groups excluding carboxylic acids is 7. The first-order chi connectivity index (χ1) is 59.3. The van der Waals surface area contributed by atoms with Gasteiger partial charge in [0.1, 0.15) is 120 Å². The van der Waals surface area contributed by atoms with Crippen molar-refractivity contribution >= 4 is 93.5 Å². The number of aliphatic hydroxyl groups excluding tert-OH is 8. The van der Waals surface area contributed by atoms with Crippen LogP contribution >= 0.6 is 46.1 Å². The van der Waals surface area contributed by atoms with Crippen LogP contribution in [-0.2, 0) is 68.6 Å². The average Bonchev–Trinajstić information content (AvgIpc) is 1.07. The van der Waals surface area contributed by atoms with Crippen LogP contribution in [0.1, 0.15) is 110 Å². The van der Waals surface area contributed by atoms with Gasteiger partial charge in [-0.25, -0.2) is 4.79 Å². The molecule has 9 heterocycles. The molecule has 3 fully saturated rings. The molecule has 11 bridgehead atoms. The number of amides is 7. The fraction of sp³-hybridized carbons (Fsp3) is 0.422. The van der Waals surface area contributed by atoms with Crippen molar-refractivity contribution in [3.63, 3.8) is 0 Å². The van der Waals surface area contributed by atoms with Crippen LogP contribution in [0.2, 0.25) is 15.1 Å². The van der Waals surface area contributed by atoms with Gasteiger partial charge in [0.25, 0.3) is 0 Å². The number of fused-ring (bicyclic) bond motifs is 15. The van der Waals surface area contributed by atoms with Crippen molar-refractivity contribution in [1.82, 2.24) is 42.5 Å². The molecule has 0 saturated carbocycles. The number of halogens is 3. The zero-order chi connectivity index (χ0) is 90.2. The second-order valence-electron chi connectivity index (χ2n) is 31.8. The van der Waals surface area contributed by atoms with E-state index in [1.165, 1.54) is 44.4 Å². The van der Waals surface area contributed by atoms with E-state index in [4.69, 9.17) is 84.2 Å². The minimum absolute atomic E-state index is 0.129. The number of benzene rings is 6. The Balaban J connectivity index is 0.967. The molecule has 0 aliphatic carbocycles. The number of likely N-dealkylation sites (N-methyl/N-ethyl adjacent to an activating group) is 1. The van der Waals surface area contributed by atoms with Gasteiger partial charge < -0.3 is 153 Å². The summed E-state index contributed by atoms with van der Waals surface area (Å²) in [7, 11) is 1.46. The van der Waals surface area contributed by atoms with Gasteiger partial charge in [0.2, 0.25) is 53.4 Å². The number of hydrogen-bond donors (Lipinski definition) is 22. The molecule has 1 unspecified atom stereocenters. The first-order valence-corrected chi connectivity index (χ1v) is 41.5. The van der Waals surface area contributed by atoms with Crippen molar-refractivity contribution in [3.8, 4) is 68.2 Å². The molecule has 8 aliphatic heterocycles. The van der Waals surface area contributed by atoms with Gasteiger partial charge in [-0.1, -0.05) is 79.0 Å². The highest BCUT2D eigenvalue weighted by Crippen LogP contribution is 2.51. The van der Waals surface area contributed by atoms with Crippen molar-refractivity contribution in [1.29, 1.82) is 0 Å². The van der Waals surface area contributed by atoms with Crippen LogP contribution in [0.3, 0.4) is 0 Å². The lowest BCUT2D eigenvalue weighted by Crippen LogP contribution is -2.65. The molecule has 8 aliphatic rings. The second kappa shape index (κ2) is 38.6. The average molecular weight is 1820 g/mol. The number of nitrogens with one attached hydrogen (secondary N) is 8. The van der Waals surface area contributed by atoms with Crippen LogP contribution in [0.4, 0.5) is 0 Å². The number of aliphatic hydroxyl groups is 8. The number of rotatable bonds is 20. The predicted molar refractivity (Wildman–Crippen MR) is 441 cm³/mol. The smallest absolute Gasteiger partial charge is 0.330 e. The van der Waals surface area contributed by atoms with E-state index in [0.29, 0.717) is 5.02 Å². The molecule has 0 radical (unpaired) electrons. The number of phenols is 3. The molecule has 38 nitrogen and oxygen atoms in total. The summed E-state index contributed by atoms with van der Waals surface area (Å²) < 4.78 is 51.3. The molecule has 7 amide bonds. The summed E-state index contributed by atoms with van der Waals surface area (Å²) in [5, 5.41) is 162. The number of carboxylic acid groups (broad SMARTS) is 1. The van der Waals surface area contributed by atoms with Gasteiger partial charge in [0.05, 0.1) is 41.3 Å². The normalized spacial score (nSPS) is 29.8. The Kier molecular flexibility index (Phi) is 28.5. The number of hydrogen-bond acceptors (Lipinski definition) is 31.